The Hall–Kier alpha value is -3.72. The van der Waals surface area contributed by atoms with Gasteiger partial charge in [-0.05, 0) is 43.7 Å². The van der Waals surface area contributed by atoms with E-state index in [4.69, 9.17) is 37.7 Å². The molecule has 0 saturated carbocycles. The van der Waals surface area contributed by atoms with Crippen LogP contribution in [0.3, 0.4) is 0 Å². The fourth-order valence-electron chi connectivity index (χ4n) is 3.80. The quantitative estimate of drug-likeness (QED) is 0.198. The summed E-state index contributed by atoms with van der Waals surface area (Å²) in [6.07, 6.45) is -0.741. The summed E-state index contributed by atoms with van der Waals surface area (Å²) in [7, 11) is 0. The van der Waals surface area contributed by atoms with E-state index in [-0.39, 0.29) is 23.6 Å². The van der Waals surface area contributed by atoms with Gasteiger partial charge in [-0.25, -0.2) is 4.98 Å². The summed E-state index contributed by atoms with van der Waals surface area (Å²) in [5.74, 6) is -2.95. The molecule has 0 spiro atoms. The molecule has 2 aromatic heterocycles. The average molecular weight is 541 g/mol. The van der Waals surface area contributed by atoms with Crippen LogP contribution in [0.15, 0.2) is 59.0 Å². The maximum absolute atomic E-state index is 13.1. The number of Topliss-reactive ketones (excluding diaryl/α,β-unsaturated/α-hetero) is 1. The third kappa shape index (κ3) is 5.67. The van der Waals surface area contributed by atoms with Crippen molar-refractivity contribution in [3.63, 3.8) is 0 Å². The molecule has 0 aliphatic carbocycles. The minimum absolute atomic E-state index is 0.0858. The highest BCUT2D eigenvalue weighted by Crippen LogP contribution is 2.39. The number of aromatic nitrogens is 1. The van der Waals surface area contributed by atoms with Gasteiger partial charge >= 0.3 is 5.97 Å². The lowest BCUT2D eigenvalue weighted by molar-refractivity contribution is -0.140. The number of halogens is 2. The predicted octanol–water partition coefficient (Wildman–Crippen LogP) is 5.51. The summed E-state index contributed by atoms with van der Waals surface area (Å²) < 4.78 is 5.86. The van der Waals surface area contributed by atoms with Crippen LogP contribution in [-0.4, -0.2) is 38.5 Å². The Morgan fingerprint density at radius 2 is 1.70 bits per heavy atom. The molecule has 3 N–H and O–H groups in total. The molecule has 2 aromatic carbocycles. The van der Waals surface area contributed by atoms with Gasteiger partial charge in [-0.2, -0.15) is 0 Å². The van der Waals surface area contributed by atoms with Gasteiger partial charge in [-0.1, -0.05) is 53.5 Å². The van der Waals surface area contributed by atoms with Crippen LogP contribution < -0.4 is 5.32 Å². The van der Waals surface area contributed by atoms with Crippen molar-refractivity contribution in [3.05, 3.63) is 76.0 Å². The molecule has 8 nitrogen and oxygen atoms in total. The second kappa shape index (κ2) is 10.3. The summed E-state index contributed by atoms with van der Waals surface area (Å²) in [6, 6.07) is 16.0. The van der Waals surface area contributed by atoms with E-state index in [1.807, 2.05) is 18.2 Å². The van der Waals surface area contributed by atoms with Crippen LogP contribution >= 0.6 is 23.2 Å². The molecule has 37 heavy (non-hydrogen) atoms. The van der Waals surface area contributed by atoms with E-state index in [1.165, 1.54) is 13.8 Å². The number of pyridine rings is 1. The molecule has 190 valence electrons. The third-order valence-electron chi connectivity index (χ3n) is 5.61. The molecule has 4 aromatic rings. The van der Waals surface area contributed by atoms with Crippen LogP contribution in [0.4, 0.5) is 0 Å². The summed E-state index contributed by atoms with van der Waals surface area (Å²) in [5.41, 5.74) is 1.08. The van der Waals surface area contributed by atoms with Crippen LogP contribution in [0.1, 0.15) is 36.4 Å². The molecule has 0 atom stereocenters. The zero-order valence-corrected chi connectivity index (χ0v) is 21.4. The van der Waals surface area contributed by atoms with E-state index >= 15 is 0 Å². The number of amides is 1. The van der Waals surface area contributed by atoms with Crippen LogP contribution in [0, 0.1) is 0 Å². The van der Waals surface area contributed by atoms with Gasteiger partial charge in [0.2, 0.25) is 17.4 Å². The molecule has 0 aliphatic rings. The number of hydrogen-bond acceptors (Lipinski definition) is 6. The number of nitrogens with one attached hydrogen (secondary N) is 1. The summed E-state index contributed by atoms with van der Waals surface area (Å²) in [6.45, 7) is 2.41. The monoisotopic (exact) mass is 540 g/mol. The minimum Gasteiger partial charge on any atom is -0.481 e. The van der Waals surface area contributed by atoms with Gasteiger partial charge < -0.3 is 19.9 Å². The van der Waals surface area contributed by atoms with E-state index in [9.17, 15) is 19.5 Å². The van der Waals surface area contributed by atoms with E-state index in [0.717, 1.165) is 5.56 Å². The zero-order valence-electron chi connectivity index (χ0n) is 19.8. The van der Waals surface area contributed by atoms with Crippen molar-refractivity contribution in [2.24, 2.45) is 0 Å². The number of benzene rings is 2. The first-order chi connectivity index (χ1) is 17.5. The van der Waals surface area contributed by atoms with Gasteiger partial charge in [0, 0.05) is 38.7 Å². The molecule has 0 bridgehead atoms. The van der Waals surface area contributed by atoms with Gasteiger partial charge in [0.15, 0.2) is 5.76 Å². The van der Waals surface area contributed by atoms with E-state index < -0.39 is 29.7 Å². The molecule has 1 amide bonds. The third-order valence-corrected chi connectivity index (χ3v) is 6.19. The second-order valence-corrected chi connectivity index (χ2v) is 9.71. The van der Waals surface area contributed by atoms with Crippen molar-refractivity contribution in [2.75, 3.05) is 0 Å². The first-order valence-electron chi connectivity index (χ1n) is 11.2. The van der Waals surface area contributed by atoms with Gasteiger partial charge in [-0.3, -0.25) is 14.4 Å². The number of fused-ring (bicyclic) bond motifs is 1. The Balaban J connectivity index is 1.97. The smallest absolute Gasteiger partial charge is 0.312 e. The standard InChI is InChI=1S/C27H22Cl2N2O6/c1-27(2,36)25(35)24-19(13-30-21(32)12-22(33)34)18-11-17(14-7-9-15(28)10-8-14)23(31-26(18)37-24)16-5-3-4-6-20(16)29/h3-11,36H,12-13H2,1-2H3,(H,30,32)(H,33,34). The van der Waals surface area contributed by atoms with E-state index in [2.05, 4.69) is 5.32 Å². The summed E-state index contributed by atoms with van der Waals surface area (Å²) in [5, 5.41) is 23.2. The normalized spacial score (nSPS) is 11.5. The minimum atomic E-state index is -1.78. The van der Waals surface area contributed by atoms with Crippen molar-refractivity contribution in [3.8, 4) is 22.4 Å². The number of carbonyl (C=O) groups is 3. The molecule has 0 fully saturated rings. The second-order valence-electron chi connectivity index (χ2n) is 8.87. The molecule has 0 unspecified atom stereocenters. The number of aliphatic hydroxyl groups is 1. The number of carboxylic acids is 1. The predicted molar refractivity (Wildman–Crippen MR) is 140 cm³/mol. The fourth-order valence-corrected chi connectivity index (χ4v) is 4.15. The van der Waals surface area contributed by atoms with Crippen molar-refractivity contribution in [1.82, 2.24) is 10.3 Å². The average Bonchev–Trinajstić information content (AvgIpc) is 3.18. The number of carboxylic acid groups (broad SMARTS) is 1. The number of carbonyl (C=O) groups excluding carboxylic acids is 2. The van der Waals surface area contributed by atoms with Gasteiger partial charge in [-0.15, -0.1) is 0 Å². The number of rotatable bonds is 8. The zero-order chi connectivity index (χ0) is 26.9. The topological polar surface area (TPSA) is 130 Å². The number of nitrogens with zero attached hydrogens (tertiary/aromatic N) is 1. The first kappa shape index (κ1) is 26.3. The highest BCUT2D eigenvalue weighted by Gasteiger charge is 2.33. The highest BCUT2D eigenvalue weighted by molar-refractivity contribution is 6.33. The maximum atomic E-state index is 13.1. The Kier molecular flexibility index (Phi) is 7.36. The largest absolute Gasteiger partial charge is 0.481 e. The molecular weight excluding hydrogens is 519 g/mol. The van der Waals surface area contributed by atoms with Crippen molar-refractivity contribution >= 4 is 52.0 Å². The number of hydrogen-bond donors (Lipinski definition) is 3. The number of furan rings is 1. The van der Waals surface area contributed by atoms with Crippen molar-refractivity contribution in [2.45, 2.75) is 32.4 Å². The lowest BCUT2D eigenvalue weighted by atomic mass is 9.95. The maximum Gasteiger partial charge on any atom is 0.312 e. The molecule has 0 radical (unpaired) electrons. The van der Waals surface area contributed by atoms with Gasteiger partial charge in [0.05, 0.1) is 5.69 Å². The fraction of sp³-hybridized carbons (Fsp3) is 0.185. The van der Waals surface area contributed by atoms with E-state index in [1.54, 1.807) is 36.4 Å². The molecule has 0 aliphatic heterocycles. The summed E-state index contributed by atoms with van der Waals surface area (Å²) in [4.78, 5) is 40.7. The first-order valence-corrected chi connectivity index (χ1v) is 11.9. The Morgan fingerprint density at radius 1 is 1.03 bits per heavy atom. The Morgan fingerprint density at radius 3 is 2.32 bits per heavy atom. The van der Waals surface area contributed by atoms with Crippen LogP contribution in [0.2, 0.25) is 10.0 Å². The van der Waals surface area contributed by atoms with Crippen molar-refractivity contribution in [1.29, 1.82) is 0 Å². The van der Waals surface area contributed by atoms with Crippen molar-refractivity contribution < 1.29 is 29.0 Å². The Labute approximate surface area is 221 Å². The SMILES string of the molecule is CC(C)(O)C(=O)c1oc2nc(-c3ccccc3Cl)c(-c3ccc(Cl)cc3)cc2c1CNC(=O)CC(=O)O. The number of ketones is 1. The van der Waals surface area contributed by atoms with E-state index in [0.29, 0.717) is 32.3 Å². The molecule has 0 saturated heterocycles. The Bertz CT molecular complexity index is 1520. The molecule has 4 rings (SSSR count). The number of aliphatic carboxylic acids is 1. The van der Waals surface area contributed by atoms with Crippen LogP contribution in [0.5, 0.6) is 0 Å². The lowest BCUT2D eigenvalue weighted by Gasteiger charge is -2.14. The summed E-state index contributed by atoms with van der Waals surface area (Å²) >= 11 is 12.6. The van der Waals surface area contributed by atoms with Gasteiger partial charge in [0.1, 0.15) is 12.0 Å². The molecule has 2 heterocycles. The highest BCUT2D eigenvalue weighted by atomic mass is 35.5. The lowest BCUT2D eigenvalue weighted by Crippen LogP contribution is -2.32. The van der Waals surface area contributed by atoms with Crippen LogP contribution in [0.25, 0.3) is 33.5 Å². The van der Waals surface area contributed by atoms with Crippen LogP contribution in [-0.2, 0) is 16.1 Å². The van der Waals surface area contributed by atoms with Gasteiger partial charge in [0.25, 0.3) is 0 Å². The molecule has 10 heteroatoms. The molecular formula is C27H22Cl2N2O6.